The molecule has 1 aliphatic rings. The van der Waals surface area contributed by atoms with E-state index >= 15 is 0 Å². The molecule has 1 nitrogen and oxygen atoms in total. The quantitative estimate of drug-likeness (QED) is 0.612. The molecule has 0 aromatic heterocycles. The van der Waals surface area contributed by atoms with Crippen LogP contribution in [0.2, 0.25) is 0 Å². The summed E-state index contributed by atoms with van der Waals surface area (Å²) in [4.78, 5) is 0. The van der Waals surface area contributed by atoms with E-state index in [9.17, 15) is 0 Å². The van der Waals surface area contributed by atoms with Crippen molar-refractivity contribution < 1.29 is 0 Å². The van der Waals surface area contributed by atoms with E-state index in [1.54, 1.807) is 0 Å². The Hall–Kier alpha value is -0.820. The lowest BCUT2D eigenvalue weighted by molar-refractivity contribution is 0.990. The monoisotopic (exact) mass is 132 g/mol. The lowest BCUT2D eigenvalue weighted by atomic mass is 10.1. The van der Waals surface area contributed by atoms with Crippen molar-refractivity contribution in [3.63, 3.8) is 0 Å². The van der Waals surface area contributed by atoms with Crippen LogP contribution in [0, 0.1) is 6.07 Å². The number of nitrogens with two attached hydrogens (primary N) is 1. The Morgan fingerprint density at radius 2 is 2.00 bits per heavy atom. The van der Waals surface area contributed by atoms with Crippen molar-refractivity contribution in [3.8, 4) is 0 Å². The van der Waals surface area contributed by atoms with Gasteiger partial charge in [0, 0.05) is 12.0 Å². The van der Waals surface area contributed by atoms with Crippen LogP contribution in [0.4, 0.5) is 0 Å². The van der Waals surface area contributed by atoms with E-state index < -0.39 is 0 Å². The molecule has 1 saturated carbocycles. The lowest BCUT2D eigenvalue weighted by Crippen LogP contribution is -2.00. The highest BCUT2D eigenvalue weighted by Crippen LogP contribution is 2.38. The fourth-order valence-corrected chi connectivity index (χ4v) is 1.24. The molecule has 0 heterocycles. The first-order valence-corrected chi connectivity index (χ1v) is 3.59. The van der Waals surface area contributed by atoms with Gasteiger partial charge in [-0.1, -0.05) is 24.3 Å². The van der Waals surface area contributed by atoms with Gasteiger partial charge in [0.15, 0.2) is 0 Å². The van der Waals surface area contributed by atoms with Crippen molar-refractivity contribution in [2.24, 2.45) is 5.73 Å². The Labute approximate surface area is 60.9 Å². The molecule has 10 heavy (non-hydrogen) atoms. The molecule has 1 aromatic carbocycles. The molecular formula is C9H10N. The summed E-state index contributed by atoms with van der Waals surface area (Å²) < 4.78 is 0. The predicted molar refractivity (Wildman–Crippen MR) is 40.6 cm³/mol. The molecule has 1 aromatic rings. The van der Waals surface area contributed by atoms with E-state index in [1.165, 1.54) is 5.56 Å². The van der Waals surface area contributed by atoms with Crippen molar-refractivity contribution in [1.29, 1.82) is 0 Å². The standard InChI is InChI=1S/C9H10N/c10-9-6-8(9)7-4-2-1-3-5-7/h2-5,8-9H,6,10H2/t8-,9+/m0/s1. The highest BCUT2D eigenvalue weighted by molar-refractivity contribution is 5.26. The van der Waals surface area contributed by atoms with Crippen molar-refractivity contribution in [2.75, 3.05) is 0 Å². The highest BCUT2D eigenvalue weighted by Gasteiger charge is 2.34. The number of rotatable bonds is 1. The molecule has 1 aliphatic carbocycles. The number of hydrogen-bond donors (Lipinski definition) is 1. The zero-order chi connectivity index (χ0) is 6.97. The zero-order valence-corrected chi connectivity index (χ0v) is 5.75. The Bertz CT molecular complexity index is 217. The molecule has 0 bridgehead atoms. The van der Waals surface area contributed by atoms with Gasteiger partial charge in [0.2, 0.25) is 0 Å². The van der Waals surface area contributed by atoms with Gasteiger partial charge >= 0.3 is 0 Å². The smallest absolute Gasteiger partial charge is 0.0115 e. The van der Waals surface area contributed by atoms with Gasteiger partial charge in [-0.05, 0) is 18.1 Å². The Balaban J connectivity index is 2.20. The first kappa shape index (κ1) is 5.93. The minimum atomic E-state index is 0.419. The third kappa shape index (κ3) is 0.929. The maximum Gasteiger partial charge on any atom is 0.0115 e. The third-order valence-electron chi connectivity index (χ3n) is 2.01. The molecule has 1 heteroatoms. The van der Waals surface area contributed by atoms with E-state index in [4.69, 9.17) is 5.73 Å². The third-order valence-corrected chi connectivity index (χ3v) is 2.01. The summed E-state index contributed by atoms with van der Waals surface area (Å²) >= 11 is 0. The van der Waals surface area contributed by atoms with E-state index in [0.29, 0.717) is 12.0 Å². The second-order valence-corrected chi connectivity index (χ2v) is 2.84. The van der Waals surface area contributed by atoms with Gasteiger partial charge in [0.25, 0.3) is 0 Å². The molecule has 0 aliphatic heterocycles. The summed E-state index contributed by atoms with van der Waals surface area (Å²) in [6.07, 6.45) is 1.16. The van der Waals surface area contributed by atoms with Crippen molar-refractivity contribution in [2.45, 2.75) is 18.4 Å². The Kier molecular flexibility index (Phi) is 1.24. The van der Waals surface area contributed by atoms with Crippen LogP contribution in [-0.2, 0) is 0 Å². The molecule has 2 N–H and O–H groups in total. The van der Waals surface area contributed by atoms with Gasteiger partial charge in [-0.25, -0.2) is 0 Å². The molecule has 1 fully saturated rings. The van der Waals surface area contributed by atoms with Crippen LogP contribution in [-0.4, -0.2) is 6.04 Å². The SMILES string of the molecule is N[C@@H]1C[C@H]1c1cc[c]cc1. The van der Waals surface area contributed by atoms with Gasteiger partial charge in [0.05, 0.1) is 0 Å². The first-order chi connectivity index (χ1) is 4.88. The lowest BCUT2D eigenvalue weighted by Gasteiger charge is -1.94. The molecule has 2 atom stereocenters. The average Bonchev–Trinajstić information content (AvgIpc) is 2.69. The average molecular weight is 132 g/mol. The predicted octanol–water partition coefficient (Wildman–Crippen LogP) is 1.30. The molecule has 2 rings (SSSR count). The van der Waals surface area contributed by atoms with Crippen LogP contribution < -0.4 is 5.73 Å². The van der Waals surface area contributed by atoms with E-state index in [1.807, 2.05) is 12.1 Å². The largest absolute Gasteiger partial charge is 0.327 e. The Morgan fingerprint density at radius 1 is 1.40 bits per heavy atom. The van der Waals surface area contributed by atoms with Crippen LogP contribution in [0.3, 0.4) is 0 Å². The van der Waals surface area contributed by atoms with Crippen LogP contribution in [0.5, 0.6) is 0 Å². The molecule has 0 amide bonds. The van der Waals surface area contributed by atoms with Crippen LogP contribution in [0.25, 0.3) is 0 Å². The maximum atomic E-state index is 5.69. The summed E-state index contributed by atoms with van der Waals surface area (Å²) in [6.45, 7) is 0. The topological polar surface area (TPSA) is 26.0 Å². The molecule has 0 saturated heterocycles. The van der Waals surface area contributed by atoms with E-state index in [2.05, 4.69) is 18.2 Å². The number of hydrogen-bond acceptors (Lipinski definition) is 1. The summed E-state index contributed by atoms with van der Waals surface area (Å²) in [5.74, 6) is 0.634. The fraction of sp³-hybridized carbons (Fsp3) is 0.333. The molecule has 51 valence electrons. The van der Waals surface area contributed by atoms with Gasteiger partial charge in [-0.15, -0.1) is 0 Å². The van der Waals surface area contributed by atoms with Crippen molar-refractivity contribution >= 4 is 0 Å². The summed E-state index contributed by atoms with van der Waals surface area (Å²) in [7, 11) is 0. The van der Waals surface area contributed by atoms with Crippen molar-refractivity contribution in [1.82, 2.24) is 0 Å². The molecule has 0 spiro atoms. The minimum Gasteiger partial charge on any atom is -0.327 e. The summed E-state index contributed by atoms with van der Waals surface area (Å²) in [5.41, 5.74) is 7.06. The van der Waals surface area contributed by atoms with Crippen molar-refractivity contribution in [3.05, 3.63) is 35.9 Å². The second kappa shape index (κ2) is 2.10. The molecule has 1 radical (unpaired) electrons. The van der Waals surface area contributed by atoms with Gasteiger partial charge in [-0.3, -0.25) is 0 Å². The fourth-order valence-electron chi connectivity index (χ4n) is 1.24. The molecular weight excluding hydrogens is 122 g/mol. The number of benzene rings is 1. The van der Waals surface area contributed by atoms with Gasteiger partial charge < -0.3 is 5.73 Å². The van der Waals surface area contributed by atoms with E-state index in [0.717, 1.165) is 6.42 Å². The first-order valence-electron chi connectivity index (χ1n) is 3.59. The highest BCUT2D eigenvalue weighted by atomic mass is 14.7. The van der Waals surface area contributed by atoms with Gasteiger partial charge in [0.1, 0.15) is 0 Å². The minimum absolute atomic E-state index is 0.419. The van der Waals surface area contributed by atoms with Crippen LogP contribution in [0.15, 0.2) is 24.3 Å². The van der Waals surface area contributed by atoms with Crippen LogP contribution in [0.1, 0.15) is 17.9 Å². The maximum absolute atomic E-state index is 5.69. The van der Waals surface area contributed by atoms with E-state index in [-0.39, 0.29) is 0 Å². The Morgan fingerprint density at radius 3 is 2.50 bits per heavy atom. The summed E-state index contributed by atoms with van der Waals surface area (Å²) in [6, 6.07) is 11.5. The van der Waals surface area contributed by atoms with Gasteiger partial charge in [-0.2, -0.15) is 0 Å². The normalized spacial score (nSPS) is 30.1. The van der Waals surface area contributed by atoms with Crippen LogP contribution >= 0.6 is 0 Å². The molecule has 0 unspecified atom stereocenters. The zero-order valence-electron chi connectivity index (χ0n) is 5.75. The summed E-state index contributed by atoms with van der Waals surface area (Å²) in [5, 5.41) is 0. The second-order valence-electron chi connectivity index (χ2n) is 2.84.